The molecule has 0 atom stereocenters. The van der Waals surface area contributed by atoms with Gasteiger partial charge in [0.1, 0.15) is 0 Å². The van der Waals surface area contributed by atoms with Crippen molar-refractivity contribution < 1.29 is 14.6 Å². The fourth-order valence-corrected chi connectivity index (χ4v) is 3.83. The molecule has 1 aliphatic rings. The minimum Gasteiger partial charge on any atom is -0.503 e. The normalized spacial score (nSPS) is 17.4. The van der Waals surface area contributed by atoms with Crippen LogP contribution in [0.2, 0.25) is 5.02 Å². The predicted molar refractivity (Wildman–Crippen MR) is 109 cm³/mol. The Hall–Kier alpha value is -1.96. The first-order valence-electron chi connectivity index (χ1n) is 7.47. The van der Waals surface area contributed by atoms with E-state index >= 15 is 0 Å². The molecule has 8 heteroatoms. The Bertz CT molecular complexity index is 929. The zero-order valence-electron chi connectivity index (χ0n) is 13.9. The smallest absolute Gasteiger partial charge is 0.266 e. The largest absolute Gasteiger partial charge is 0.503 e. The van der Waals surface area contributed by atoms with Crippen LogP contribution in [0.1, 0.15) is 5.56 Å². The number of phenols is 1. The van der Waals surface area contributed by atoms with Crippen LogP contribution in [0.25, 0.3) is 6.08 Å². The second-order valence-corrected chi connectivity index (χ2v) is 7.70. The van der Waals surface area contributed by atoms with Crippen LogP contribution in [0.5, 0.6) is 11.5 Å². The topological polar surface area (TPSA) is 62.1 Å². The maximum atomic E-state index is 12.5. The fraction of sp³-hybridized carbons (Fsp3) is 0.111. The van der Waals surface area contributed by atoms with Crippen molar-refractivity contribution in [1.82, 2.24) is 4.90 Å². The van der Waals surface area contributed by atoms with E-state index in [9.17, 15) is 9.90 Å². The first-order valence-corrected chi connectivity index (χ1v) is 9.46. The standard InChI is InChI=1S/C18H14BrClN2O3S/c1-22-17(24)15(9-10-7-13(19)16(23)14(8-10)25-2)26-18(22)21-12-5-3-11(20)4-6-12/h3-9,23H,1-2H3. The number of aliphatic imine (C=N–C) groups is 1. The van der Waals surface area contributed by atoms with Crippen LogP contribution in [0, 0.1) is 0 Å². The lowest BCUT2D eigenvalue weighted by atomic mass is 10.2. The summed E-state index contributed by atoms with van der Waals surface area (Å²) in [6.07, 6.45) is 1.74. The number of halogens is 2. The molecular weight excluding hydrogens is 440 g/mol. The second kappa shape index (κ2) is 7.73. The number of rotatable bonds is 3. The average Bonchev–Trinajstić information content (AvgIpc) is 2.88. The lowest BCUT2D eigenvalue weighted by Gasteiger charge is -2.07. The first-order chi connectivity index (χ1) is 12.4. The van der Waals surface area contributed by atoms with Crippen molar-refractivity contribution in [3.63, 3.8) is 0 Å². The summed E-state index contributed by atoms with van der Waals surface area (Å²) in [6.45, 7) is 0. The van der Waals surface area contributed by atoms with Crippen LogP contribution in [-0.2, 0) is 4.79 Å². The molecule has 0 unspecified atom stereocenters. The molecular formula is C18H14BrClN2O3S. The van der Waals surface area contributed by atoms with Gasteiger partial charge in [-0.1, -0.05) is 11.6 Å². The number of amidine groups is 1. The Morgan fingerprint density at radius 3 is 2.65 bits per heavy atom. The molecule has 1 aliphatic heterocycles. The highest BCUT2D eigenvalue weighted by Crippen LogP contribution is 2.38. The van der Waals surface area contributed by atoms with Crippen LogP contribution in [0.3, 0.4) is 0 Å². The number of likely N-dealkylation sites (N-methyl/N-ethyl adjacent to an activating group) is 1. The van der Waals surface area contributed by atoms with Gasteiger partial charge < -0.3 is 9.84 Å². The van der Waals surface area contributed by atoms with Crippen LogP contribution >= 0.6 is 39.3 Å². The number of amides is 1. The third kappa shape index (κ3) is 3.90. The summed E-state index contributed by atoms with van der Waals surface area (Å²) >= 11 is 10.4. The van der Waals surface area contributed by atoms with Gasteiger partial charge in [0.25, 0.3) is 5.91 Å². The van der Waals surface area contributed by atoms with E-state index in [0.29, 0.717) is 31.0 Å². The minimum atomic E-state index is -0.147. The molecule has 3 rings (SSSR count). The Kier molecular flexibility index (Phi) is 5.60. The molecule has 2 aromatic carbocycles. The third-order valence-corrected chi connectivity index (χ3v) is 5.54. The summed E-state index contributed by atoms with van der Waals surface area (Å²) in [5, 5.41) is 11.1. The first kappa shape index (κ1) is 18.8. The molecule has 1 amide bonds. The summed E-state index contributed by atoms with van der Waals surface area (Å²) in [6, 6.07) is 10.5. The lowest BCUT2D eigenvalue weighted by Crippen LogP contribution is -2.23. The van der Waals surface area contributed by atoms with Crippen molar-refractivity contribution in [2.45, 2.75) is 0 Å². The molecule has 1 heterocycles. The number of methoxy groups -OCH3 is 1. The van der Waals surface area contributed by atoms with Gasteiger partial charge in [0.05, 0.1) is 22.2 Å². The Morgan fingerprint density at radius 2 is 2.00 bits per heavy atom. The van der Waals surface area contributed by atoms with Gasteiger partial charge in [-0.3, -0.25) is 9.69 Å². The maximum Gasteiger partial charge on any atom is 0.266 e. The van der Waals surface area contributed by atoms with E-state index < -0.39 is 0 Å². The Morgan fingerprint density at radius 1 is 1.31 bits per heavy atom. The van der Waals surface area contributed by atoms with Crippen molar-refractivity contribution in [2.24, 2.45) is 4.99 Å². The van der Waals surface area contributed by atoms with Gasteiger partial charge in [-0.2, -0.15) is 0 Å². The number of nitrogens with zero attached hydrogens (tertiary/aromatic N) is 2. The zero-order chi connectivity index (χ0) is 18.8. The molecule has 5 nitrogen and oxygen atoms in total. The summed E-state index contributed by atoms with van der Waals surface area (Å²) in [4.78, 5) is 19.0. The van der Waals surface area contributed by atoms with Gasteiger partial charge in [-0.05, 0) is 75.7 Å². The van der Waals surface area contributed by atoms with Crippen LogP contribution in [0.4, 0.5) is 5.69 Å². The van der Waals surface area contributed by atoms with E-state index in [1.807, 2.05) is 0 Å². The quantitative estimate of drug-likeness (QED) is 0.661. The lowest BCUT2D eigenvalue weighted by molar-refractivity contribution is -0.121. The Labute approximate surface area is 168 Å². The number of aromatic hydroxyl groups is 1. The van der Waals surface area contributed by atoms with Gasteiger partial charge in [-0.15, -0.1) is 0 Å². The van der Waals surface area contributed by atoms with Crippen molar-refractivity contribution in [3.8, 4) is 11.5 Å². The van der Waals surface area contributed by atoms with Crippen LogP contribution in [-0.4, -0.2) is 35.2 Å². The van der Waals surface area contributed by atoms with E-state index in [4.69, 9.17) is 16.3 Å². The van der Waals surface area contributed by atoms with Gasteiger partial charge in [-0.25, -0.2) is 4.99 Å². The van der Waals surface area contributed by atoms with E-state index in [-0.39, 0.29) is 11.7 Å². The number of carbonyl (C=O) groups is 1. The van der Waals surface area contributed by atoms with Gasteiger partial charge in [0.2, 0.25) is 0 Å². The molecule has 0 radical (unpaired) electrons. The van der Waals surface area contributed by atoms with E-state index in [0.717, 1.165) is 5.56 Å². The highest BCUT2D eigenvalue weighted by Gasteiger charge is 2.30. The number of benzene rings is 2. The van der Waals surface area contributed by atoms with Crippen molar-refractivity contribution in [1.29, 1.82) is 0 Å². The minimum absolute atomic E-state index is 0.0159. The number of hydrogen-bond acceptors (Lipinski definition) is 5. The maximum absolute atomic E-state index is 12.5. The number of thioether (sulfide) groups is 1. The molecule has 26 heavy (non-hydrogen) atoms. The molecule has 0 bridgehead atoms. The fourth-order valence-electron chi connectivity index (χ4n) is 2.26. The average molecular weight is 454 g/mol. The van der Waals surface area contributed by atoms with Gasteiger partial charge >= 0.3 is 0 Å². The highest BCUT2D eigenvalue weighted by molar-refractivity contribution is 9.10. The molecule has 0 saturated carbocycles. The summed E-state index contributed by atoms with van der Waals surface area (Å²) in [5.74, 6) is 0.193. The monoisotopic (exact) mass is 452 g/mol. The van der Waals surface area contributed by atoms with Crippen LogP contribution in [0.15, 0.2) is 50.8 Å². The molecule has 1 fully saturated rings. The summed E-state index contributed by atoms with van der Waals surface area (Å²) in [7, 11) is 3.15. The Balaban J connectivity index is 1.92. The molecule has 0 spiro atoms. The van der Waals surface area contributed by atoms with E-state index in [2.05, 4.69) is 20.9 Å². The van der Waals surface area contributed by atoms with Gasteiger partial charge in [0.15, 0.2) is 16.7 Å². The van der Waals surface area contributed by atoms with E-state index in [1.165, 1.54) is 23.8 Å². The molecule has 2 aromatic rings. The third-order valence-electron chi connectivity index (χ3n) is 3.62. The molecule has 1 N–H and O–H groups in total. The highest BCUT2D eigenvalue weighted by atomic mass is 79.9. The van der Waals surface area contributed by atoms with Crippen molar-refractivity contribution in [2.75, 3.05) is 14.2 Å². The predicted octanol–water partition coefficient (Wildman–Crippen LogP) is 5.05. The number of phenolic OH excluding ortho intramolecular Hbond substituents is 1. The molecule has 0 aliphatic carbocycles. The number of ether oxygens (including phenoxy) is 1. The number of carbonyl (C=O) groups excluding carboxylic acids is 1. The summed E-state index contributed by atoms with van der Waals surface area (Å²) in [5.41, 5.74) is 1.44. The van der Waals surface area contributed by atoms with Crippen molar-refractivity contribution >= 4 is 62.1 Å². The second-order valence-electron chi connectivity index (χ2n) is 5.40. The molecule has 134 valence electrons. The van der Waals surface area contributed by atoms with E-state index in [1.54, 1.807) is 49.5 Å². The van der Waals surface area contributed by atoms with Crippen molar-refractivity contribution in [3.05, 3.63) is 56.4 Å². The zero-order valence-corrected chi connectivity index (χ0v) is 17.0. The van der Waals surface area contributed by atoms with Crippen LogP contribution < -0.4 is 4.74 Å². The molecule has 0 aromatic heterocycles. The summed E-state index contributed by atoms with van der Waals surface area (Å²) < 4.78 is 5.63. The number of hydrogen-bond donors (Lipinski definition) is 1. The van der Waals surface area contributed by atoms with Gasteiger partial charge in [0, 0.05) is 12.1 Å². The molecule has 1 saturated heterocycles. The SMILES string of the molecule is COc1cc(C=C2SC(=Nc3ccc(Cl)cc3)N(C)C2=O)cc(Br)c1O.